The van der Waals surface area contributed by atoms with Crippen molar-refractivity contribution in [2.24, 2.45) is 0 Å². The van der Waals surface area contributed by atoms with Gasteiger partial charge in [0.05, 0.1) is 43.0 Å². The minimum absolute atomic E-state index is 0.0260. The second kappa shape index (κ2) is 7.40. The zero-order valence-corrected chi connectivity index (χ0v) is 16.8. The Morgan fingerprint density at radius 1 is 1.27 bits per heavy atom. The van der Waals surface area contributed by atoms with Crippen LogP contribution in [0.15, 0.2) is 24.3 Å². The SMILES string of the molecule is COc1ccccc1C[NH+](C)Cc1c(C)nn([C@@H]2CCS(=O)(=O)C2)c1C. The van der Waals surface area contributed by atoms with Gasteiger partial charge in [-0.2, -0.15) is 5.10 Å². The van der Waals surface area contributed by atoms with Gasteiger partial charge >= 0.3 is 0 Å². The lowest BCUT2D eigenvalue weighted by atomic mass is 10.1. The van der Waals surface area contributed by atoms with E-state index >= 15 is 0 Å². The topological polar surface area (TPSA) is 65.6 Å². The number of nitrogens with one attached hydrogen (secondary N) is 1. The molecule has 1 aliphatic rings. The number of hydrogen-bond donors (Lipinski definition) is 1. The van der Waals surface area contributed by atoms with E-state index in [0.29, 0.717) is 6.42 Å². The van der Waals surface area contributed by atoms with Crippen LogP contribution in [0.1, 0.15) is 35.0 Å². The third-order valence-electron chi connectivity index (χ3n) is 5.19. The van der Waals surface area contributed by atoms with E-state index in [4.69, 9.17) is 4.74 Å². The molecule has 3 rings (SSSR count). The summed E-state index contributed by atoms with van der Waals surface area (Å²) >= 11 is 0. The predicted octanol–water partition coefficient (Wildman–Crippen LogP) is 1.08. The van der Waals surface area contributed by atoms with Crippen molar-refractivity contribution in [2.75, 3.05) is 25.7 Å². The monoisotopic (exact) mass is 378 g/mol. The molecule has 6 nitrogen and oxygen atoms in total. The van der Waals surface area contributed by atoms with Gasteiger partial charge in [0.15, 0.2) is 9.84 Å². The van der Waals surface area contributed by atoms with Crippen LogP contribution in [0.5, 0.6) is 5.75 Å². The molecule has 0 aliphatic carbocycles. The summed E-state index contributed by atoms with van der Waals surface area (Å²) in [7, 11) is 0.937. The van der Waals surface area contributed by atoms with Crippen LogP contribution < -0.4 is 9.64 Å². The summed E-state index contributed by atoms with van der Waals surface area (Å²) < 4.78 is 31.0. The molecule has 0 bridgehead atoms. The number of sulfone groups is 1. The average Bonchev–Trinajstić information content (AvgIpc) is 3.09. The van der Waals surface area contributed by atoms with Crippen LogP contribution in [0.25, 0.3) is 0 Å². The Balaban J connectivity index is 1.76. The molecule has 2 heterocycles. The first-order valence-electron chi connectivity index (χ1n) is 8.99. The van der Waals surface area contributed by atoms with Crippen LogP contribution in [0, 0.1) is 13.8 Å². The molecular weight excluding hydrogens is 350 g/mol. The van der Waals surface area contributed by atoms with Crippen LogP contribution in [0.3, 0.4) is 0 Å². The molecule has 1 aliphatic heterocycles. The van der Waals surface area contributed by atoms with Crippen molar-refractivity contribution in [3.05, 3.63) is 46.8 Å². The molecular formula is C19H28N3O3S+. The number of para-hydroxylation sites is 1. The minimum atomic E-state index is -2.92. The second-order valence-corrected chi connectivity index (χ2v) is 9.50. The normalized spacial score (nSPS) is 20.2. The number of methoxy groups -OCH3 is 1. The fraction of sp³-hybridized carbons (Fsp3) is 0.526. The van der Waals surface area contributed by atoms with Crippen molar-refractivity contribution in [1.29, 1.82) is 0 Å². The minimum Gasteiger partial charge on any atom is -0.496 e. The van der Waals surface area contributed by atoms with Crippen LogP contribution in [0.4, 0.5) is 0 Å². The Kier molecular flexibility index (Phi) is 5.39. The van der Waals surface area contributed by atoms with E-state index in [1.165, 1.54) is 16.0 Å². The van der Waals surface area contributed by atoms with Gasteiger partial charge in [0.2, 0.25) is 0 Å². The zero-order valence-electron chi connectivity index (χ0n) is 15.9. The maximum Gasteiger partial charge on any atom is 0.152 e. The maximum absolute atomic E-state index is 11.8. The predicted molar refractivity (Wildman–Crippen MR) is 101 cm³/mol. The first-order valence-corrected chi connectivity index (χ1v) is 10.8. The van der Waals surface area contributed by atoms with Gasteiger partial charge in [0.1, 0.15) is 18.8 Å². The summed E-state index contributed by atoms with van der Waals surface area (Å²) in [5, 5.41) is 4.67. The lowest BCUT2D eigenvalue weighted by Crippen LogP contribution is -3.06. The molecule has 1 fully saturated rings. The van der Waals surface area contributed by atoms with Crippen molar-refractivity contribution in [3.63, 3.8) is 0 Å². The van der Waals surface area contributed by atoms with E-state index in [1.54, 1.807) is 7.11 Å². The molecule has 2 aromatic rings. The maximum atomic E-state index is 11.8. The largest absolute Gasteiger partial charge is 0.496 e. The molecule has 7 heteroatoms. The third kappa shape index (κ3) is 3.94. The smallest absolute Gasteiger partial charge is 0.152 e. The average molecular weight is 379 g/mol. The second-order valence-electron chi connectivity index (χ2n) is 7.27. The van der Waals surface area contributed by atoms with E-state index in [2.05, 4.69) is 25.1 Å². The van der Waals surface area contributed by atoms with E-state index in [9.17, 15) is 8.42 Å². The summed E-state index contributed by atoms with van der Waals surface area (Å²) in [4.78, 5) is 1.33. The molecule has 1 aromatic carbocycles. The number of hydrogen-bond acceptors (Lipinski definition) is 4. The number of ether oxygens (including phenoxy) is 1. The van der Waals surface area contributed by atoms with Crippen molar-refractivity contribution in [3.8, 4) is 5.75 Å². The molecule has 1 saturated heterocycles. The Bertz CT molecular complexity index is 889. The Morgan fingerprint density at radius 3 is 2.65 bits per heavy atom. The zero-order chi connectivity index (χ0) is 18.9. The number of rotatable bonds is 6. The van der Waals surface area contributed by atoms with E-state index in [0.717, 1.165) is 30.2 Å². The van der Waals surface area contributed by atoms with Gasteiger partial charge in [-0.15, -0.1) is 0 Å². The molecule has 0 saturated carbocycles. The summed E-state index contributed by atoms with van der Waals surface area (Å²) in [6.07, 6.45) is 0.660. The van der Waals surface area contributed by atoms with Crippen LogP contribution in [0.2, 0.25) is 0 Å². The quantitative estimate of drug-likeness (QED) is 0.817. The van der Waals surface area contributed by atoms with Gasteiger partial charge in [-0.3, -0.25) is 4.68 Å². The molecule has 2 atom stereocenters. The summed E-state index contributed by atoms with van der Waals surface area (Å²) in [6, 6.07) is 8.06. The van der Waals surface area contributed by atoms with Crippen LogP contribution in [-0.4, -0.2) is 43.9 Å². The van der Waals surface area contributed by atoms with Gasteiger partial charge in [0.25, 0.3) is 0 Å². The van der Waals surface area contributed by atoms with Crippen LogP contribution in [-0.2, 0) is 22.9 Å². The van der Waals surface area contributed by atoms with Crippen LogP contribution >= 0.6 is 0 Å². The molecule has 1 N–H and O–H groups in total. The number of aryl methyl sites for hydroxylation is 1. The van der Waals surface area contributed by atoms with E-state index in [1.807, 2.05) is 29.8 Å². The molecule has 0 radical (unpaired) electrons. The van der Waals surface area contributed by atoms with Crippen molar-refractivity contribution in [1.82, 2.24) is 9.78 Å². The van der Waals surface area contributed by atoms with Crippen molar-refractivity contribution >= 4 is 9.84 Å². The molecule has 142 valence electrons. The first-order chi connectivity index (χ1) is 12.3. The van der Waals surface area contributed by atoms with E-state index < -0.39 is 9.84 Å². The Morgan fingerprint density at radius 2 is 2.00 bits per heavy atom. The van der Waals surface area contributed by atoms with Gasteiger partial charge in [0, 0.05) is 11.3 Å². The number of aromatic nitrogens is 2. The number of benzene rings is 1. The molecule has 1 aromatic heterocycles. The van der Waals surface area contributed by atoms with Gasteiger partial charge in [-0.25, -0.2) is 8.42 Å². The van der Waals surface area contributed by atoms with Gasteiger partial charge in [-0.05, 0) is 32.4 Å². The third-order valence-corrected chi connectivity index (χ3v) is 6.94. The molecule has 1 unspecified atom stereocenters. The van der Waals surface area contributed by atoms with E-state index in [-0.39, 0.29) is 17.5 Å². The van der Waals surface area contributed by atoms with Gasteiger partial charge < -0.3 is 9.64 Å². The lowest BCUT2D eigenvalue weighted by molar-refractivity contribution is -0.907. The number of quaternary nitrogens is 1. The molecule has 0 spiro atoms. The highest BCUT2D eigenvalue weighted by Gasteiger charge is 2.31. The summed E-state index contributed by atoms with van der Waals surface area (Å²) in [5.41, 5.74) is 4.47. The fourth-order valence-electron chi connectivity index (χ4n) is 3.82. The standard InChI is InChI=1S/C19H27N3O3S/c1-14-18(12-21(3)11-16-7-5-6-8-19(16)25-4)15(2)22(20-14)17-9-10-26(23,24)13-17/h5-8,17H,9-13H2,1-4H3/p+1/t17-/m1/s1. The highest BCUT2D eigenvalue weighted by Crippen LogP contribution is 2.26. The Hall–Kier alpha value is -1.86. The molecule has 26 heavy (non-hydrogen) atoms. The van der Waals surface area contributed by atoms with Gasteiger partial charge in [-0.1, -0.05) is 12.1 Å². The highest BCUT2D eigenvalue weighted by molar-refractivity contribution is 7.91. The summed E-state index contributed by atoms with van der Waals surface area (Å²) in [5.74, 6) is 1.38. The summed E-state index contributed by atoms with van der Waals surface area (Å²) in [6.45, 7) is 5.76. The first kappa shape index (κ1) is 18.9. The highest BCUT2D eigenvalue weighted by atomic mass is 32.2. The van der Waals surface area contributed by atoms with Crippen molar-refractivity contribution in [2.45, 2.75) is 39.4 Å². The fourth-order valence-corrected chi connectivity index (χ4v) is 5.51. The molecule has 0 amide bonds. The number of nitrogens with zero attached hydrogens (tertiary/aromatic N) is 2. The Labute approximate surface area is 155 Å². The van der Waals surface area contributed by atoms with Crippen molar-refractivity contribution < 1.29 is 18.1 Å². The lowest BCUT2D eigenvalue weighted by Gasteiger charge is -2.17.